The third kappa shape index (κ3) is 2.27. The number of rotatable bonds is 1. The highest BCUT2D eigenvalue weighted by atomic mass is 19.2. The van der Waals surface area contributed by atoms with Crippen molar-refractivity contribution < 1.29 is 17.6 Å². The first-order valence-corrected chi connectivity index (χ1v) is 6.31. The van der Waals surface area contributed by atoms with E-state index in [1.807, 2.05) is 13.0 Å². The van der Waals surface area contributed by atoms with Gasteiger partial charge < -0.3 is 0 Å². The molecule has 0 atom stereocenters. The van der Waals surface area contributed by atoms with Crippen LogP contribution in [0.5, 0.6) is 0 Å². The molecule has 0 radical (unpaired) electrons. The Bertz CT molecular complexity index is 830. The standard InChI is InChI=1S/C17H10F4/c1-9-2-4-12-10(6-9)3-5-13(16(12)20)11-7-14(18)17(21)15(19)8-11/h2-8H,1H3. The smallest absolute Gasteiger partial charge is 0.194 e. The van der Waals surface area contributed by atoms with Crippen molar-refractivity contribution in [2.24, 2.45) is 0 Å². The van der Waals surface area contributed by atoms with Crippen molar-refractivity contribution in [3.8, 4) is 11.1 Å². The molecular formula is C17H10F4. The van der Waals surface area contributed by atoms with Crippen LogP contribution in [0.25, 0.3) is 21.9 Å². The molecule has 3 aromatic rings. The van der Waals surface area contributed by atoms with E-state index in [2.05, 4.69) is 0 Å². The molecule has 3 aromatic carbocycles. The van der Waals surface area contributed by atoms with Crippen LogP contribution in [-0.4, -0.2) is 0 Å². The summed E-state index contributed by atoms with van der Waals surface area (Å²) in [5.41, 5.74) is 0.976. The number of benzene rings is 3. The summed E-state index contributed by atoms with van der Waals surface area (Å²) in [6, 6.07) is 9.85. The van der Waals surface area contributed by atoms with Crippen LogP contribution in [0, 0.1) is 30.2 Å². The molecule has 0 amide bonds. The van der Waals surface area contributed by atoms with E-state index in [0.717, 1.165) is 17.7 Å². The van der Waals surface area contributed by atoms with Gasteiger partial charge >= 0.3 is 0 Å². The van der Waals surface area contributed by atoms with Gasteiger partial charge in [0.25, 0.3) is 0 Å². The first-order valence-electron chi connectivity index (χ1n) is 6.31. The van der Waals surface area contributed by atoms with E-state index in [0.29, 0.717) is 10.8 Å². The molecule has 0 saturated heterocycles. The monoisotopic (exact) mass is 290 g/mol. The van der Waals surface area contributed by atoms with Crippen molar-refractivity contribution in [1.29, 1.82) is 0 Å². The quantitative estimate of drug-likeness (QED) is 0.417. The Kier molecular flexibility index (Phi) is 3.16. The number of hydrogen-bond acceptors (Lipinski definition) is 0. The highest BCUT2D eigenvalue weighted by molar-refractivity contribution is 5.88. The largest absolute Gasteiger partial charge is 0.206 e. The molecule has 0 aliphatic heterocycles. The van der Waals surface area contributed by atoms with Gasteiger partial charge in [-0.05, 0) is 30.0 Å². The first-order chi connectivity index (χ1) is 9.97. The van der Waals surface area contributed by atoms with E-state index in [1.165, 1.54) is 6.07 Å². The second kappa shape index (κ2) is 4.88. The molecule has 106 valence electrons. The summed E-state index contributed by atoms with van der Waals surface area (Å²) in [7, 11) is 0. The molecule has 4 heteroatoms. The van der Waals surface area contributed by atoms with Gasteiger partial charge in [0.2, 0.25) is 0 Å². The summed E-state index contributed by atoms with van der Waals surface area (Å²) in [6.45, 7) is 1.88. The minimum absolute atomic E-state index is 0.0316. The number of hydrogen-bond donors (Lipinski definition) is 0. The van der Waals surface area contributed by atoms with Gasteiger partial charge in [-0.3, -0.25) is 0 Å². The molecule has 3 rings (SSSR count). The first kappa shape index (κ1) is 13.6. The molecule has 0 nitrogen and oxygen atoms in total. The van der Waals surface area contributed by atoms with Crippen LogP contribution >= 0.6 is 0 Å². The Labute approximate surface area is 118 Å². The molecule has 21 heavy (non-hydrogen) atoms. The Morgan fingerprint density at radius 2 is 1.38 bits per heavy atom. The Balaban J connectivity index is 2.26. The zero-order chi connectivity index (χ0) is 15.1. The Morgan fingerprint density at radius 3 is 2.05 bits per heavy atom. The lowest BCUT2D eigenvalue weighted by atomic mass is 9.99. The fourth-order valence-electron chi connectivity index (χ4n) is 2.35. The Hall–Kier alpha value is -2.36. The molecule has 0 aliphatic rings. The zero-order valence-corrected chi connectivity index (χ0v) is 11.1. The molecule has 0 heterocycles. The summed E-state index contributed by atoms with van der Waals surface area (Å²) < 4.78 is 54.1. The van der Waals surface area contributed by atoms with Crippen molar-refractivity contribution in [3.05, 3.63) is 71.3 Å². The van der Waals surface area contributed by atoms with E-state index < -0.39 is 23.3 Å². The molecule has 0 fully saturated rings. The van der Waals surface area contributed by atoms with Gasteiger partial charge in [0, 0.05) is 10.9 Å². The molecule has 0 aromatic heterocycles. The summed E-state index contributed by atoms with van der Waals surface area (Å²) in [5.74, 6) is -4.82. The summed E-state index contributed by atoms with van der Waals surface area (Å²) in [4.78, 5) is 0. The molecule has 0 N–H and O–H groups in total. The Morgan fingerprint density at radius 1 is 0.714 bits per heavy atom. The van der Waals surface area contributed by atoms with Crippen molar-refractivity contribution in [3.63, 3.8) is 0 Å². The van der Waals surface area contributed by atoms with E-state index in [-0.39, 0.29) is 11.1 Å². The maximum atomic E-state index is 14.5. The minimum Gasteiger partial charge on any atom is -0.206 e. The lowest BCUT2D eigenvalue weighted by Crippen LogP contribution is -1.94. The SMILES string of the molecule is Cc1ccc2c(F)c(-c3cc(F)c(F)c(F)c3)ccc2c1. The number of aryl methyl sites for hydroxylation is 1. The third-order valence-electron chi connectivity index (χ3n) is 3.40. The number of fused-ring (bicyclic) bond motifs is 1. The highest BCUT2D eigenvalue weighted by Crippen LogP contribution is 2.31. The van der Waals surface area contributed by atoms with Crippen LogP contribution in [0.2, 0.25) is 0 Å². The van der Waals surface area contributed by atoms with Crippen LogP contribution in [0.1, 0.15) is 5.56 Å². The van der Waals surface area contributed by atoms with Crippen LogP contribution in [0.15, 0.2) is 42.5 Å². The van der Waals surface area contributed by atoms with Gasteiger partial charge in [0.1, 0.15) is 5.82 Å². The van der Waals surface area contributed by atoms with Gasteiger partial charge in [-0.2, -0.15) is 0 Å². The van der Waals surface area contributed by atoms with E-state index >= 15 is 0 Å². The van der Waals surface area contributed by atoms with Crippen molar-refractivity contribution in [2.45, 2.75) is 6.92 Å². The summed E-state index contributed by atoms with van der Waals surface area (Å²) in [5, 5.41) is 1.04. The van der Waals surface area contributed by atoms with Gasteiger partial charge in [-0.25, -0.2) is 17.6 Å². The highest BCUT2D eigenvalue weighted by Gasteiger charge is 2.15. The molecule has 0 unspecified atom stereocenters. The average molecular weight is 290 g/mol. The van der Waals surface area contributed by atoms with E-state index in [1.54, 1.807) is 18.2 Å². The molecule has 0 saturated carbocycles. The van der Waals surface area contributed by atoms with Crippen molar-refractivity contribution in [1.82, 2.24) is 0 Å². The lowest BCUT2D eigenvalue weighted by molar-refractivity contribution is 0.447. The molecule has 0 aliphatic carbocycles. The third-order valence-corrected chi connectivity index (χ3v) is 3.40. The van der Waals surface area contributed by atoms with Gasteiger partial charge in [-0.1, -0.05) is 35.9 Å². The van der Waals surface area contributed by atoms with Crippen LogP contribution < -0.4 is 0 Å². The molecular weight excluding hydrogens is 280 g/mol. The molecule has 0 spiro atoms. The van der Waals surface area contributed by atoms with Crippen molar-refractivity contribution in [2.75, 3.05) is 0 Å². The van der Waals surface area contributed by atoms with Gasteiger partial charge in [0.05, 0.1) is 0 Å². The predicted molar refractivity (Wildman–Crippen MR) is 74.0 cm³/mol. The second-order valence-electron chi connectivity index (χ2n) is 4.91. The number of halogens is 4. The molecule has 0 bridgehead atoms. The van der Waals surface area contributed by atoms with Crippen LogP contribution in [-0.2, 0) is 0 Å². The van der Waals surface area contributed by atoms with Crippen molar-refractivity contribution >= 4 is 10.8 Å². The second-order valence-corrected chi connectivity index (χ2v) is 4.91. The average Bonchev–Trinajstić information content (AvgIpc) is 2.44. The lowest BCUT2D eigenvalue weighted by Gasteiger charge is -2.08. The topological polar surface area (TPSA) is 0 Å². The van der Waals surface area contributed by atoms with Gasteiger partial charge in [-0.15, -0.1) is 0 Å². The fraction of sp³-hybridized carbons (Fsp3) is 0.0588. The van der Waals surface area contributed by atoms with E-state index in [9.17, 15) is 17.6 Å². The maximum Gasteiger partial charge on any atom is 0.194 e. The predicted octanol–water partition coefficient (Wildman–Crippen LogP) is 5.37. The summed E-state index contributed by atoms with van der Waals surface area (Å²) >= 11 is 0. The van der Waals surface area contributed by atoms with Crippen LogP contribution in [0.3, 0.4) is 0 Å². The fourth-order valence-corrected chi connectivity index (χ4v) is 2.35. The summed E-state index contributed by atoms with van der Waals surface area (Å²) in [6.07, 6.45) is 0. The maximum absolute atomic E-state index is 14.5. The zero-order valence-electron chi connectivity index (χ0n) is 11.1. The van der Waals surface area contributed by atoms with Gasteiger partial charge in [0.15, 0.2) is 17.5 Å². The van der Waals surface area contributed by atoms with Crippen LogP contribution in [0.4, 0.5) is 17.6 Å². The minimum atomic E-state index is -1.56. The van der Waals surface area contributed by atoms with E-state index in [4.69, 9.17) is 0 Å². The normalized spacial score (nSPS) is 11.1.